The molecule has 0 radical (unpaired) electrons. The number of hydrogen-bond acceptors (Lipinski definition) is 3. The Balaban J connectivity index is 3.37. The van der Waals surface area contributed by atoms with Crippen LogP contribution < -0.4 is 0 Å². The second kappa shape index (κ2) is 4.76. The van der Waals surface area contributed by atoms with Gasteiger partial charge in [-0.2, -0.15) is 8.42 Å². The van der Waals surface area contributed by atoms with Crippen molar-refractivity contribution in [2.45, 2.75) is 37.5 Å². The summed E-state index contributed by atoms with van der Waals surface area (Å²) in [6, 6.07) is 4.50. The number of rotatable bonds is 3. The van der Waals surface area contributed by atoms with E-state index < -0.39 is 10.1 Å². The molecule has 1 aromatic rings. The van der Waals surface area contributed by atoms with Crippen LogP contribution in [-0.4, -0.2) is 24.7 Å². The number of hydrogen-bond donors (Lipinski definition) is 2. The van der Waals surface area contributed by atoms with Gasteiger partial charge in [-0.15, -0.1) is 0 Å². The van der Waals surface area contributed by atoms with Gasteiger partial charge in [-0.3, -0.25) is 4.55 Å². The summed E-state index contributed by atoms with van der Waals surface area (Å²) in [6.45, 7) is 5.97. The summed E-state index contributed by atoms with van der Waals surface area (Å²) in [4.78, 5) is -0.131. The Kier molecular flexibility index (Phi) is 3.96. The fourth-order valence-electron chi connectivity index (χ4n) is 1.79. The standard InChI is InChI=1S/C12H18O4S/c1-12(2,3)11-5-4-10(17(14,15)16)8-9(11)6-7-13/h4-5,8,13H,6-7H2,1-3H3,(H,14,15,16). The van der Waals surface area contributed by atoms with Gasteiger partial charge in [-0.05, 0) is 35.1 Å². The molecule has 0 amide bonds. The van der Waals surface area contributed by atoms with Crippen molar-refractivity contribution in [1.82, 2.24) is 0 Å². The molecule has 17 heavy (non-hydrogen) atoms. The largest absolute Gasteiger partial charge is 0.396 e. The van der Waals surface area contributed by atoms with Crippen molar-refractivity contribution in [2.24, 2.45) is 0 Å². The van der Waals surface area contributed by atoms with E-state index in [9.17, 15) is 8.42 Å². The van der Waals surface area contributed by atoms with Gasteiger partial charge in [-0.1, -0.05) is 26.8 Å². The van der Waals surface area contributed by atoms with Crippen LogP contribution in [0.3, 0.4) is 0 Å². The van der Waals surface area contributed by atoms with Crippen LogP contribution in [0.1, 0.15) is 31.9 Å². The molecular weight excluding hydrogens is 240 g/mol. The first-order chi connectivity index (χ1) is 7.66. The van der Waals surface area contributed by atoms with E-state index in [0.717, 1.165) is 11.1 Å². The van der Waals surface area contributed by atoms with Crippen LogP contribution in [0, 0.1) is 0 Å². The minimum Gasteiger partial charge on any atom is -0.396 e. The highest BCUT2D eigenvalue weighted by Gasteiger charge is 2.20. The van der Waals surface area contributed by atoms with Crippen LogP contribution in [0.2, 0.25) is 0 Å². The van der Waals surface area contributed by atoms with Gasteiger partial charge in [-0.25, -0.2) is 0 Å². The van der Waals surface area contributed by atoms with Gasteiger partial charge in [0.05, 0.1) is 4.90 Å². The number of benzene rings is 1. The van der Waals surface area contributed by atoms with Gasteiger partial charge in [0.25, 0.3) is 10.1 Å². The Morgan fingerprint density at radius 1 is 1.24 bits per heavy atom. The second-order valence-corrected chi connectivity index (χ2v) is 6.44. The minimum absolute atomic E-state index is 0.0575. The van der Waals surface area contributed by atoms with Crippen molar-refractivity contribution >= 4 is 10.1 Å². The molecule has 0 aliphatic carbocycles. The molecule has 96 valence electrons. The molecule has 0 unspecified atom stereocenters. The normalized spacial score (nSPS) is 12.8. The minimum atomic E-state index is -4.19. The average Bonchev–Trinajstić information content (AvgIpc) is 2.15. The summed E-state index contributed by atoms with van der Waals surface area (Å²) in [6.07, 6.45) is 0.371. The molecule has 0 saturated carbocycles. The molecule has 4 nitrogen and oxygen atoms in total. The molecule has 1 aromatic carbocycles. The predicted octanol–water partition coefficient (Wildman–Crippen LogP) is 1.77. The summed E-state index contributed by atoms with van der Waals surface area (Å²) in [5.74, 6) is 0. The fourth-order valence-corrected chi connectivity index (χ4v) is 2.32. The van der Waals surface area contributed by atoms with Gasteiger partial charge in [0.1, 0.15) is 0 Å². The summed E-state index contributed by atoms with van der Waals surface area (Å²) in [5.41, 5.74) is 1.58. The summed E-state index contributed by atoms with van der Waals surface area (Å²) >= 11 is 0. The highest BCUT2D eigenvalue weighted by atomic mass is 32.2. The monoisotopic (exact) mass is 258 g/mol. The van der Waals surface area contributed by atoms with Crippen LogP contribution in [0.5, 0.6) is 0 Å². The first-order valence-electron chi connectivity index (χ1n) is 5.38. The van der Waals surface area contributed by atoms with Crippen molar-refractivity contribution in [1.29, 1.82) is 0 Å². The highest BCUT2D eigenvalue weighted by Crippen LogP contribution is 2.28. The SMILES string of the molecule is CC(C)(C)c1ccc(S(=O)(=O)O)cc1CCO. The number of aliphatic hydroxyl groups excluding tert-OH is 1. The molecule has 2 N–H and O–H groups in total. The van der Waals surface area contributed by atoms with Gasteiger partial charge in [0.2, 0.25) is 0 Å². The molecule has 0 saturated heterocycles. The molecule has 0 aromatic heterocycles. The summed E-state index contributed by atoms with van der Waals surface area (Å²) in [7, 11) is -4.19. The van der Waals surface area contributed by atoms with E-state index in [1.807, 2.05) is 20.8 Å². The van der Waals surface area contributed by atoms with Gasteiger partial charge >= 0.3 is 0 Å². The third-order valence-electron chi connectivity index (χ3n) is 2.56. The Labute approximate surface area is 102 Å². The Morgan fingerprint density at radius 2 is 1.82 bits per heavy atom. The zero-order chi connectivity index (χ0) is 13.3. The van der Waals surface area contributed by atoms with E-state index in [1.165, 1.54) is 12.1 Å². The van der Waals surface area contributed by atoms with Crippen LogP contribution in [0.25, 0.3) is 0 Å². The first kappa shape index (κ1) is 14.2. The van der Waals surface area contributed by atoms with E-state index in [-0.39, 0.29) is 16.9 Å². The molecule has 0 bridgehead atoms. The van der Waals surface area contributed by atoms with E-state index >= 15 is 0 Å². The fraction of sp³-hybridized carbons (Fsp3) is 0.500. The molecule has 0 aliphatic heterocycles. The maximum Gasteiger partial charge on any atom is 0.294 e. The number of aliphatic hydroxyl groups is 1. The van der Waals surface area contributed by atoms with Crippen molar-refractivity contribution in [3.8, 4) is 0 Å². The zero-order valence-corrected chi connectivity index (χ0v) is 11.1. The van der Waals surface area contributed by atoms with E-state index in [2.05, 4.69) is 0 Å². The van der Waals surface area contributed by atoms with E-state index in [0.29, 0.717) is 6.42 Å². The average molecular weight is 258 g/mol. The Hall–Kier alpha value is -0.910. The van der Waals surface area contributed by atoms with Gasteiger partial charge in [0, 0.05) is 6.61 Å². The first-order valence-corrected chi connectivity index (χ1v) is 6.82. The Morgan fingerprint density at radius 3 is 2.24 bits per heavy atom. The van der Waals surface area contributed by atoms with Crippen LogP contribution in [0.15, 0.2) is 23.1 Å². The lowest BCUT2D eigenvalue weighted by atomic mass is 9.83. The van der Waals surface area contributed by atoms with Crippen molar-refractivity contribution in [3.63, 3.8) is 0 Å². The molecule has 0 fully saturated rings. The van der Waals surface area contributed by atoms with E-state index in [4.69, 9.17) is 9.66 Å². The molecule has 1 rings (SSSR count). The molecule has 0 spiro atoms. The topological polar surface area (TPSA) is 74.6 Å². The second-order valence-electron chi connectivity index (χ2n) is 5.02. The quantitative estimate of drug-likeness (QED) is 0.810. The van der Waals surface area contributed by atoms with Gasteiger partial charge < -0.3 is 5.11 Å². The third-order valence-corrected chi connectivity index (χ3v) is 3.41. The zero-order valence-electron chi connectivity index (χ0n) is 10.3. The smallest absolute Gasteiger partial charge is 0.294 e. The third kappa shape index (κ3) is 3.52. The lowest BCUT2D eigenvalue weighted by molar-refractivity contribution is 0.298. The maximum atomic E-state index is 11.0. The van der Waals surface area contributed by atoms with Crippen molar-refractivity contribution in [3.05, 3.63) is 29.3 Å². The molecule has 0 aliphatic rings. The molecular formula is C12H18O4S. The lowest BCUT2D eigenvalue weighted by Crippen LogP contribution is -2.15. The predicted molar refractivity (Wildman–Crippen MR) is 65.7 cm³/mol. The summed E-state index contributed by atoms with van der Waals surface area (Å²) < 4.78 is 31.1. The van der Waals surface area contributed by atoms with Crippen LogP contribution >= 0.6 is 0 Å². The highest BCUT2D eigenvalue weighted by molar-refractivity contribution is 7.85. The maximum absolute atomic E-state index is 11.0. The van der Waals surface area contributed by atoms with Crippen molar-refractivity contribution in [2.75, 3.05) is 6.61 Å². The van der Waals surface area contributed by atoms with Crippen LogP contribution in [0.4, 0.5) is 0 Å². The molecule has 0 heterocycles. The molecule has 5 heteroatoms. The van der Waals surface area contributed by atoms with E-state index in [1.54, 1.807) is 6.07 Å². The van der Waals surface area contributed by atoms with Crippen LogP contribution in [-0.2, 0) is 22.0 Å². The Bertz CT molecular complexity index is 498. The lowest BCUT2D eigenvalue weighted by Gasteiger charge is -2.23. The van der Waals surface area contributed by atoms with Gasteiger partial charge in [0.15, 0.2) is 0 Å². The van der Waals surface area contributed by atoms with Crippen molar-refractivity contribution < 1.29 is 18.1 Å². The molecule has 0 atom stereocenters. The summed E-state index contributed by atoms with van der Waals surface area (Å²) in [5, 5.41) is 8.99.